The number of carbonyl (C=O) groups is 1. The van der Waals surface area contributed by atoms with E-state index < -0.39 is 0 Å². The predicted molar refractivity (Wildman–Crippen MR) is 133 cm³/mol. The molecule has 2 aromatic heterocycles. The summed E-state index contributed by atoms with van der Waals surface area (Å²) in [6.45, 7) is 4.09. The molecule has 0 bridgehead atoms. The molecule has 1 N–H and O–H groups in total. The summed E-state index contributed by atoms with van der Waals surface area (Å²) in [6.07, 6.45) is 4.24. The van der Waals surface area contributed by atoms with Crippen molar-refractivity contribution in [1.29, 1.82) is 0 Å². The molecule has 1 atom stereocenters. The van der Waals surface area contributed by atoms with Gasteiger partial charge in [-0.05, 0) is 54.8 Å². The second kappa shape index (κ2) is 10.6. The number of halogens is 1. The van der Waals surface area contributed by atoms with E-state index in [1.807, 2.05) is 79.1 Å². The SMILES string of the molecule is CCC(NC(=O)CSc1nnc(-c2ccncc2)n1-c1ccccc1C)c1ccc(Cl)cc1. The van der Waals surface area contributed by atoms with Crippen LogP contribution in [-0.2, 0) is 4.79 Å². The van der Waals surface area contributed by atoms with Crippen LogP contribution in [0.2, 0.25) is 5.02 Å². The molecule has 2 heterocycles. The van der Waals surface area contributed by atoms with Crippen molar-refractivity contribution >= 4 is 29.3 Å². The molecule has 0 radical (unpaired) electrons. The van der Waals surface area contributed by atoms with Crippen LogP contribution in [0, 0.1) is 6.92 Å². The molecule has 6 nitrogen and oxygen atoms in total. The molecule has 2 aromatic carbocycles. The first-order valence-corrected chi connectivity index (χ1v) is 12.0. The standard InChI is InChI=1S/C25H24ClN5OS/c1-3-21(18-8-10-20(26)11-9-18)28-23(32)16-33-25-30-29-24(19-12-14-27-15-13-19)31(25)22-7-5-4-6-17(22)2/h4-15,21H,3,16H2,1-2H3,(H,28,32). The summed E-state index contributed by atoms with van der Waals surface area (Å²) in [5.41, 5.74) is 4.01. The third-order valence-electron chi connectivity index (χ3n) is 5.28. The average Bonchev–Trinajstić information content (AvgIpc) is 3.26. The van der Waals surface area contributed by atoms with Gasteiger partial charge in [-0.25, -0.2) is 0 Å². The minimum atomic E-state index is -0.0722. The molecular formula is C25H24ClN5OS. The molecule has 168 valence electrons. The van der Waals surface area contributed by atoms with E-state index in [0.717, 1.165) is 28.8 Å². The lowest BCUT2D eigenvalue weighted by molar-refractivity contribution is -0.119. The fourth-order valence-electron chi connectivity index (χ4n) is 3.57. The normalized spacial score (nSPS) is 11.8. The molecule has 0 spiro atoms. The van der Waals surface area contributed by atoms with Crippen LogP contribution in [0.5, 0.6) is 0 Å². The first-order valence-electron chi connectivity index (χ1n) is 10.7. The summed E-state index contributed by atoms with van der Waals surface area (Å²) in [7, 11) is 0. The largest absolute Gasteiger partial charge is 0.349 e. The van der Waals surface area contributed by atoms with Gasteiger partial charge in [0, 0.05) is 23.0 Å². The highest BCUT2D eigenvalue weighted by molar-refractivity contribution is 7.99. The number of thioether (sulfide) groups is 1. The number of benzene rings is 2. The molecule has 0 saturated heterocycles. The first-order chi connectivity index (χ1) is 16.1. The Labute approximate surface area is 202 Å². The van der Waals surface area contributed by atoms with Crippen LogP contribution in [0.1, 0.15) is 30.5 Å². The Kier molecular flexibility index (Phi) is 7.42. The summed E-state index contributed by atoms with van der Waals surface area (Å²) in [4.78, 5) is 16.9. The highest BCUT2D eigenvalue weighted by atomic mass is 35.5. The Morgan fingerprint density at radius 3 is 2.48 bits per heavy atom. The Hall–Kier alpha value is -3.16. The van der Waals surface area contributed by atoms with Crippen molar-refractivity contribution in [2.45, 2.75) is 31.5 Å². The molecular weight excluding hydrogens is 454 g/mol. The number of aromatic nitrogens is 4. The van der Waals surface area contributed by atoms with Gasteiger partial charge >= 0.3 is 0 Å². The van der Waals surface area contributed by atoms with Crippen molar-refractivity contribution in [3.8, 4) is 17.1 Å². The van der Waals surface area contributed by atoms with E-state index in [-0.39, 0.29) is 17.7 Å². The monoisotopic (exact) mass is 477 g/mol. The van der Waals surface area contributed by atoms with Crippen molar-refractivity contribution in [3.05, 3.63) is 89.2 Å². The molecule has 8 heteroatoms. The van der Waals surface area contributed by atoms with Gasteiger partial charge in [-0.3, -0.25) is 14.3 Å². The van der Waals surface area contributed by atoms with Gasteiger partial charge < -0.3 is 5.32 Å². The van der Waals surface area contributed by atoms with E-state index in [1.54, 1.807) is 12.4 Å². The minimum absolute atomic E-state index is 0.0633. The fraction of sp³-hybridized carbons (Fsp3) is 0.200. The number of aryl methyl sites for hydroxylation is 1. The van der Waals surface area contributed by atoms with Crippen LogP contribution in [0.4, 0.5) is 0 Å². The molecule has 0 fully saturated rings. The number of nitrogens with zero attached hydrogens (tertiary/aromatic N) is 4. The van der Waals surface area contributed by atoms with Crippen molar-refractivity contribution in [3.63, 3.8) is 0 Å². The number of rotatable bonds is 8. The van der Waals surface area contributed by atoms with Crippen LogP contribution < -0.4 is 5.32 Å². The smallest absolute Gasteiger partial charge is 0.230 e. The fourth-order valence-corrected chi connectivity index (χ4v) is 4.45. The summed E-state index contributed by atoms with van der Waals surface area (Å²) in [5, 5.41) is 13.3. The third-order valence-corrected chi connectivity index (χ3v) is 6.46. The van der Waals surface area contributed by atoms with Crippen LogP contribution in [0.25, 0.3) is 17.1 Å². The highest BCUT2D eigenvalue weighted by Gasteiger charge is 2.19. The Morgan fingerprint density at radius 1 is 1.06 bits per heavy atom. The molecule has 4 rings (SSSR count). The number of hydrogen-bond acceptors (Lipinski definition) is 5. The van der Waals surface area contributed by atoms with Gasteiger partial charge in [0.1, 0.15) is 0 Å². The third kappa shape index (κ3) is 5.43. The van der Waals surface area contributed by atoms with Gasteiger partial charge in [0.2, 0.25) is 5.91 Å². The van der Waals surface area contributed by atoms with Gasteiger partial charge in [0.05, 0.1) is 17.5 Å². The van der Waals surface area contributed by atoms with Gasteiger partial charge in [-0.2, -0.15) is 0 Å². The quantitative estimate of drug-likeness (QED) is 0.332. The lowest BCUT2D eigenvalue weighted by Gasteiger charge is -2.17. The molecule has 33 heavy (non-hydrogen) atoms. The lowest BCUT2D eigenvalue weighted by Crippen LogP contribution is -2.29. The second-order valence-corrected chi connectivity index (χ2v) is 8.91. The molecule has 0 aliphatic rings. The molecule has 1 unspecified atom stereocenters. The maximum absolute atomic E-state index is 12.8. The van der Waals surface area contributed by atoms with E-state index in [4.69, 9.17) is 11.6 Å². The van der Waals surface area contributed by atoms with Crippen LogP contribution in [0.3, 0.4) is 0 Å². The van der Waals surface area contributed by atoms with Crippen molar-refractivity contribution < 1.29 is 4.79 Å². The van der Waals surface area contributed by atoms with E-state index in [9.17, 15) is 4.79 Å². The Balaban J connectivity index is 1.56. The van der Waals surface area contributed by atoms with E-state index in [1.165, 1.54) is 11.8 Å². The molecule has 1 amide bonds. The Morgan fingerprint density at radius 2 is 1.79 bits per heavy atom. The lowest BCUT2D eigenvalue weighted by atomic mass is 10.0. The maximum Gasteiger partial charge on any atom is 0.230 e. The summed E-state index contributed by atoms with van der Waals surface area (Å²) in [5.74, 6) is 0.874. The number of para-hydroxylation sites is 1. The van der Waals surface area contributed by atoms with Gasteiger partial charge in [0.15, 0.2) is 11.0 Å². The first kappa shape index (κ1) is 23.0. The molecule has 0 aliphatic heterocycles. The zero-order chi connectivity index (χ0) is 23.2. The highest BCUT2D eigenvalue weighted by Crippen LogP contribution is 2.29. The maximum atomic E-state index is 12.8. The predicted octanol–water partition coefficient (Wildman–Crippen LogP) is 5.65. The number of nitrogens with one attached hydrogen (secondary N) is 1. The number of amides is 1. The van der Waals surface area contributed by atoms with Crippen LogP contribution in [0.15, 0.2) is 78.2 Å². The Bertz CT molecular complexity index is 1230. The van der Waals surface area contributed by atoms with Crippen LogP contribution >= 0.6 is 23.4 Å². The van der Waals surface area contributed by atoms with Crippen molar-refractivity contribution in [2.75, 3.05) is 5.75 Å². The second-order valence-electron chi connectivity index (χ2n) is 7.53. The zero-order valence-corrected chi connectivity index (χ0v) is 20.0. The van der Waals surface area contributed by atoms with Gasteiger partial charge in [-0.1, -0.05) is 60.6 Å². The topological polar surface area (TPSA) is 72.7 Å². The van der Waals surface area contributed by atoms with Gasteiger partial charge in [-0.15, -0.1) is 10.2 Å². The summed E-state index contributed by atoms with van der Waals surface area (Å²) >= 11 is 7.36. The van der Waals surface area contributed by atoms with Crippen LogP contribution in [-0.4, -0.2) is 31.4 Å². The molecule has 0 saturated carbocycles. The molecule has 0 aliphatic carbocycles. The van der Waals surface area contributed by atoms with Crippen molar-refractivity contribution in [2.24, 2.45) is 0 Å². The van der Waals surface area contributed by atoms with E-state index in [0.29, 0.717) is 16.0 Å². The average molecular weight is 478 g/mol. The summed E-state index contributed by atoms with van der Waals surface area (Å²) in [6, 6.07) is 19.4. The number of hydrogen-bond donors (Lipinski definition) is 1. The van der Waals surface area contributed by atoms with Crippen molar-refractivity contribution in [1.82, 2.24) is 25.1 Å². The zero-order valence-electron chi connectivity index (χ0n) is 18.4. The minimum Gasteiger partial charge on any atom is -0.349 e. The van der Waals surface area contributed by atoms with E-state index in [2.05, 4.69) is 20.5 Å². The number of carbonyl (C=O) groups excluding carboxylic acids is 1. The number of pyridine rings is 1. The van der Waals surface area contributed by atoms with Gasteiger partial charge in [0.25, 0.3) is 0 Å². The van der Waals surface area contributed by atoms with E-state index >= 15 is 0 Å². The molecule has 4 aromatic rings. The summed E-state index contributed by atoms with van der Waals surface area (Å²) < 4.78 is 2.00.